The fourth-order valence-electron chi connectivity index (χ4n) is 3.88. The molecule has 1 aliphatic heterocycles. The molecule has 0 aromatic heterocycles. The molecular weight excluding hydrogens is 509 g/mol. The molecule has 0 radical (unpaired) electrons. The first-order valence-electron chi connectivity index (χ1n) is 11.0. The van der Waals surface area contributed by atoms with Gasteiger partial charge in [-0.25, -0.2) is 17.2 Å². The summed E-state index contributed by atoms with van der Waals surface area (Å²) in [5.41, 5.74) is -0.791. The van der Waals surface area contributed by atoms with Crippen LogP contribution in [-0.2, 0) is 32.2 Å². The highest BCUT2D eigenvalue weighted by atomic mass is 32.2. The molecule has 13 heteroatoms. The average molecular weight is 534 g/mol. The molecule has 0 bridgehead atoms. The largest absolute Gasteiger partial charge is 0.416 e. The van der Waals surface area contributed by atoms with Crippen molar-refractivity contribution < 1.29 is 40.0 Å². The van der Waals surface area contributed by atoms with Crippen LogP contribution in [0.5, 0.6) is 0 Å². The minimum absolute atomic E-state index is 0.0441. The molecule has 196 valence electrons. The zero-order chi connectivity index (χ0) is 26.7. The predicted molar refractivity (Wildman–Crippen MR) is 119 cm³/mol. The topological polar surface area (TPSA) is 95.6 Å². The van der Waals surface area contributed by atoms with Crippen molar-refractivity contribution in [2.75, 3.05) is 13.1 Å². The standard InChI is InChI=1S/C23H24F5N3O4S/c1-14(32)29-21(12-15-5-6-19(24)20(25)11-15)22(33)30-17-7-9-31(10-8-17)36(34,35)18-4-2-3-16(13-18)23(26,27)28/h2-6,11,13,17,21H,7-10,12H2,1H3,(H,29,32)(H,30,33)/t21-/m1/s1. The number of halogens is 5. The number of nitrogens with zero attached hydrogens (tertiary/aromatic N) is 1. The number of sulfonamides is 1. The van der Waals surface area contributed by atoms with Crippen LogP contribution in [0.4, 0.5) is 22.0 Å². The lowest BCUT2D eigenvalue weighted by atomic mass is 10.0. The number of piperidine rings is 1. The van der Waals surface area contributed by atoms with Crippen molar-refractivity contribution >= 4 is 21.8 Å². The molecule has 0 aliphatic carbocycles. The van der Waals surface area contributed by atoms with Gasteiger partial charge in [-0.3, -0.25) is 9.59 Å². The monoisotopic (exact) mass is 533 g/mol. The molecule has 0 spiro atoms. The molecule has 2 amide bonds. The van der Waals surface area contributed by atoms with Crippen LogP contribution in [0, 0.1) is 11.6 Å². The first-order valence-corrected chi connectivity index (χ1v) is 12.4. The van der Waals surface area contributed by atoms with Gasteiger partial charge in [-0.05, 0) is 48.7 Å². The summed E-state index contributed by atoms with van der Waals surface area (Å²) in [5.74, 6) is -3.25. The van der Waals surface area contributed by atoms with Crippen LogP contribution in [-0.4, -0.2) is 49.7 Å². The summed E-state index contributed by atoms with van der Waals surface area (Å²) in [7, 11) is -4.18. The maximum Gasteiger partial charge on any atom is 0.416 e. The molecular formula is C23H24F5N3O4S. The fourth-order valence-corrected chi connectivity index (χ4v) is 5.40. The molecule has 1 saturated heterocycles. The van der Waals surface area contributed by atoms with E-state index in [1.165, 1.54) is 13.0 Å². The lowest BCUT2D eigenvalue weighted by molar-refractivity contribution is -0.137. The van der Waals surface area contributed by atoms with Gasteiger partial charge in [0.25, 0.3) is 0 Å². The lowest BCUT2D eigenvalue weighted by Crippen LogP contribution is -2.53. The summed E-state index contributed by atoms with van der Waals surface area (Å²) in [6.45, 7) is 1.11. The molecule has 1 fully saturated rings. The summed E-state index contributed by atoms with van der Waals surface area (Å²) in [4.78, 5) is 23.9. The van der Waals surface area contributed by atoms with E-state index in [4.69, 9.17) is 0 Å². The number of hydrogen-bond donors (Lipinski definition) is 2. The van der Waals surface area contributed by atoms with Crippen molar-refractivity contribution in [3.63, 3.8) is 0 Å². The van der Waals surface area contributed by atoms with E-state index in [-0.39, 0.29) is 37.9 Å². The van der Waals surface area contributed by atoms with Gasteiger partial charge in [0.15, 0.2) is 11.6 Å². The summed E-state index contributed by atoms with van der Waals surface area (Å²) in [5, 5.41) is 5.18. The molecule has 0 unspecified atom stereocenters. The highest BCUT2D eigenvalue weighted by molar-refractivity contribution is 7.89. The van der Waals surface area contributed by atoms with E-state index in [1.54, 1.807) is 0 Å². The van der Waals surface area contributed by atoms with Crippen molar-refractivity contribution in [1.82, 2.24) is 14.9 Å². The van der Waals surface area contributed by atoms with E-state index < -0.39 is 62.2 Å². The van der Waals surface area contributed by atoms with E-state index in [1.807, 2.05) is 0 Å². The molecule has 36 heavy (non-hydrogen) atoms. The van der Waals surface area contributed by atoms with Gasteiger partial charge in [-0.15, -0.1) is 0 Å². The molecule has 1 atom stereocenters. The molecule has 0 saturated carbocycles. The van der Waals surface area contributed by atoms with Gasteiger partial charge in [-0.2, -0.15) is 17.5 Å². The molecule has 7 nitrogen and oxygen atoms in total. The van der Waals surface area contributed by atoms with Gasteiger partial charge >= 0.3 is 6.18 Å². The van der Waals surface area contributed by atoms with E-state index in [0.29, 0.717) is 6.07 Å². The molecule has 2 aromatic rings. The number of alkyl halides is 3. The number of carbonyl (C=O) groups excluding carboxylic acids is 2. The van der Waals surface area contributed by atoms with Gasteiger partial charge < -0.3 is 10.6 Å². The Hall–Kier alpha value is -3.06. The van der Waals surface area contributed by atoms with Crippen LogP contribution in [0.15, 0.2) is 47.4 Å². The summed E-state index contributed by atoms with van der Waals surface area (Å²) >= 11 is 0. The van der Waals surface area contributed by atoms with Gasteiger partial charge in [0, 0.05) is 32.5 Å². The Morgan fingerprint density at radius 3 is 2.31 bits per heavy atom. The maximum atomic E-state index is 13.5. The number of hydrogen-bond acceptors (Lipinski definition) is 4. The Labute approximate surface area is 204 Å². The number of nitrogens with one attached hydrogen (secondary N) is 2. The van der Waals surface area contributed by atoms with Crippen molar-refractivity contribution in [2.45, 2.75) is 49.3 Å². The fraction of sp³-hybridized carbons (Fsp3) is 0.391. The van der Waals surface area contributed by atoms with E-state index in [0.717, 1.165) is 34.6 Å². The van der Waals surface area contributed by atoms with Crippen LogP contribution < -0.4 is 10.6 Å². The second-order valence-electron chi connectivity index (χ2n) is 8.42. The van der Waals surface area contributed by atoms with Crippen molar-refractivity contribution in [3.05, 3.63) is 65.2 Å². The minimum Gasteiger partial charge on any atom is -0.351 e. The smallest absolute Gasteiger partial charge is 0.351 e. The summed E-state index contributed by atoms with van der Waals surface area (Å²) in [6.07, 6.45) is -4.43. The van der Waals surface area contributed by atoms with Crippen molar-refractivity contribution in [2.24, 2.45) is 0 Å². The van der Waals surface area contributed by atoms with E-state index >= 15 is 0 Å². The number of benzene rings is 2. The van der Waals surface area contributed by atoms with Crippen LogP contribution in [0.2, 0.25) is 0 Å². The number of amides is 2. The summed E-state index contributed by atoms with van der Waals surface area (Å²) < 4.78 is 92.4. The first-order chi connectivity index (χ1) is 16.8. The lowest BCUT2D eigenvalue weighted by Gasteiger charge is -2.32. The van der Waals surface area contributed by atoms with Crippen molar-refractivity contribution in [3.8, 4) is 0 Å². The van der Waals surface area contributed by atoms with Crippen LogP contribution >= 0.6 is 0 Å². The zero-order valence-corrected chi connectivity index (χ0v) is 19.9. The van der Waals surface area contributed by atoms with Gasteiger partial charge in [-0.1, -0.05) is 12.1 Å². The predicted octanol–water partition coefficient (Wildman–Crippen LogP) is 3.00. The van der Waals surface area contributed by atoms with Crippen LogP contribution in [0.3, 0.4) is 0 Å². The third kappa shape index (κ3) is 6.78. The third-order valence-electron chi connectivity index (χ3n) is 5.72. The molecule has 1 heterocycles. The average Bonchev–Trinajstić information content (AvgIpc) is 2.80. The second kappa shape index (κ2) is 10.9. The van der Waals surface area contributed by atoms with Gasteiger partial charge in [0.1, 0.15) is 6.04 Å². The highest BCUT2D eigenvalue weighted by Crippen LogP contribution is 2.31. The second-order valence-corrected chi connectivity index (χ2v) is 10.4. The van der Waals surface area contributed by atoms with E-state index in [2.05, 4.69) is 10.6 Å². The van der Waals surface area contributed by atoms with Gasteiger partial charge in [0.2, 0.25) is 21.8 Å². The number of carbonyl (C=O) groups is 2. The Morgan fingerprint density at radius 1 is 1.06 bits per heavy atom. The quantitative estimate of drug-likeness (QED) is 0.535. The van der Waals surface area contributed by atoms with Gasteiger partial charge in [0.05, 0.1) is 10.5 Å². The Bertz CT molecular complexity index is 1230. The van der Waals surface area contributed by atoms with Crippen molar-refractivity contribution in [1.29, 1.82) is 0 Å². The normalized spacial score (nSPS) is 16.4. The number of rotatable bonds is 7. The van der Waals surface area contributed by atoms with Crippen LogP contribution in [0.25, 0.3) is 0 Å². The Balaban J connectivity index is 1.64. The maximum absolute atomic E-state index is 13.5. The Morgan fingerprint density at radius 2 is 1.72 bits per heavy atom. The molecule has 1 aliphatic rings. The minimum atomic E-state index is -4.69. The van der Waals surface area contributed by atoms with E-state index in [9.17, 15) is 40.0 Å². The highest BCUT2D eigenvalue weighted by Gasteiger charge is 2.35. The third-order valence-corrected chi connectivity index (χ3v) is 7.61. The van der Waals surface area contributed by atoms with Crippen LogP contribution in [0.1, 0.15) is 30.9 Å². The molecule has 2 N–H and O–H groups in total. The summed E-state index contributed by atoms with van der Waals surface area (Å²) in [6, 6.07) is 5.06. The SMILES string of the molecule is CC(=O)N[C@H](Cc1ccc(F)c(F)c1)C(=O)NC1CCN(S(=O)(=O)c2cccc(C(F)(F)F)c2)CC1. The molecule has 2 aromatic carbocycles. The zero-order valence-electron chi connectivity index (χ0n) is 19.1. The molecule has 3 rings (SSSR count). The first kappa shape index (κ1) is 27.5. The Kier molecular flexibility index (Phi) is 8.34.